The van der Waals surface area contributed by atoms with Crippen LogP contribution in [0.1, 0.15) is 25.3 Å². The molecule has 1 aliphatic rings. The van der Waals surface area contributed by atoms with Crippen molar-refractivity contribution in [2.75, 3.05) is 20.7 Å². The largest absolute Gasteiger partial charge is 0.497 e. The van der Waals surface area contributed by atoms with Gasteiger partial charge in [0.15, 0.2) is 0 Å². The summed E-state index contributed by atoms with van der Waals surface area (Å²) >= 11 is 0. The van der Waals surface area contributed by atoms with Gasteiger partial charge in [-0.05, 0) is 43.5 Å². The molecule has 2 unspecified atom stereocenters. The zero-order valence-electron chi connectivity index (χ0n) is 10.4. The molecule has 2 atom stereocenters. The fraction of sp³-hybridized carbons (Fsp3) is 0.571. The second kappa shape index (κ2) is 4.46. The van der Waals surface area contributed by atoms with Crippen LogP contribution in [-0.4, -0.2) is 20.7 Å². The summed E-state index contributed by atoms with van der Waals surface area (Å²) in [5, 5.41) is 3.34. The van der Waals surface area contributed by atoms with Crippen LogP contribution < -0.4 is 10.1 Å². The molecule has 1 saturated carbocycles. The monoisotopic (exact) mass is 219 g/mol. The van der Waals surface area contributed by atoms with Crippen molar-refractivity contribution in [3.05, 3.63) is 29.8 Å². The summed E-state index contributed by atoms with van der Waals surface area (Å²) in [5.74, 6) is 1.71. The van der Waals surface area contributed by atoms with Crippen LogP contribution in [0.4, 0.5) is 0 Å². The number of ether oxygens (including phenoxy) is 1. The van der Waals surface area contributed by atoms with Gasteiger partial charge in [0.25, 0.3) is 0 Å². The van der Waals surface area contributed by atoms with Crippen molar-refractivity contribution in [1.82, 2.24) is 5.32 Å². The van der Waals surface area contributed by atoms with Crippen molar-refractivity contribution < 1.29 is 4.74 Å². The molecule has 2 nitrogen and oxygen atoms in total. The van der Waals surface area contributed by atoms with Crippen LogP contribution in [-0.2, 0) is 5.41 Å². The predicted octanol–water partition coefficient (Wildman–Crippen LogP) is 2.58. The van der Waals surface area contributed by atoms with Gasteiger partial charge in [0.05, 0.1) is 7.11 Å². The molecular weight excluding hydrogens is 198 g/mol. The molecule has 0 spiro atoms. The first kappa shape index (κ1) is 11.5. The molecule has 2 heteroatoms. The maximum atomic E-state index is 5.20. The molecule has 16 heavy (non-hydrogen) atoms. The third-order valence-electron chi connectivity index (χ3n) is 4.12. The molecule has 0 bridgehead atoms. The summed E-state index contributed by atoms with van der Waals surface area (Å²) < 4.78 is 5.20. The third-order valence-corrected chi connectivity index (χ3v) is 4.12. The Kier molecular flexibility index (Phi) is 3.20. The van der Waals surface area contributed by atoms with Gasteiger partial charge in [-0.25, -0.2) is 0 Å². The van der Waals surface area contributed by atoms with E-state index in [2.05, 4.69) is 36.5 Å². The lowest BCUT2D eigenvalue weighted by molar-refractivity contribution is 0.137. The van der Waals surface area contributed by atoms with Crippen molar-refractivity contribution in [3.8, 4) is 5.75 Å². The van der Waals surface area contributed by atoms with Gasteiger partial charge in [0.2, 0.25) is 0 Å². The van der Waals surface area contributed by atoms with Gasteiger partial charge in [-0.15, -0.1) is 0 Å². The second-order valence-corrected chi connectivity index (χ2v) is 4.85. The quantitative estimate of drug-likeness (QED) is 0.840. The minimum absolute atomic E-state index is 0.348. The van der Waals surface area contributed by atoms with E-state index in [0.717, 1.165) is 18.2 Å². The summed E-state index contributed by atoms with van der Waals surface area (Å²) in [7, 11) is 3.75. The van der Waals surface area contributed by atoms with Gasteiger partial charge in [-0.1, -0.05) is 19.1 Å². The summed E-state index contributed by atoms with van der Waals surface area (Å²) in [6, 6.07) is 8.56. The highest BCUT2D eigenvalue weighted by Crippen LogP contribution is 2.48. The number of nitrogens with one attached hydrogen (secondary N) is 1. The first-order chi connectivity index (χ1) is 7.73. The summed E-state index contributed by atoms with van der Waals surface area (Å²) in [6.07, 6.45) is 2.63. The molecule has 1 aromatic rings. The van der Waals surface area contributed by atoms with Gasteiger partial charge in [0, 0.05) is 12.0 Å². The van der Waals surface area contributed by atoms with E-state index < -0.39 is 0 Å². The van der Waals surface area contributed by atoms with E-state index in [4.69, 9.17) is 4.74 Å². The molecule has 0 saturated heterocycles. The highest BCUT2D eigenvalue weighted by Gasteiger charge is 2.44. The van der Waals surface area contributed by atoms with Crippen LogP contribution in [0.2, 0.25) is 0 Å². The smallest absolute Gasteiger partial charge is 0.118 e. The topological polar surface area (TPSA) is 21.3 Å². The molecule has 0 aliphatic heterocycles. The van der Waals surface area contributed by atoms with Crippen LogP contribution in [0, 0.1) is 5.92 Å². The van der Waals surface area contributed by atoms with E-state index in [0.29, 0.717) is 5.41 Å². The average molecular weight is 219 g/mol. The normalized spacial score (nSPS) is 28.6. The summed E-state index contributed by atoms with van der Waals surface area (Å²) in [6.45, 7) is 3.42. The molecular formula is C14H21NO. The number of likely N-dealkylation sites (N-methyl/N-ethyl adjacent to an activating group) is 1. The number of methoxy groups -OCH3 is 1. The Morgan fingerprint density at radius 1 is 1.38 bits per heavy atom. The van der Waals surface area contributed by atoms with Crippen LogP contribution in [0.15, 0.2) is 24.3 Å². The summed E-state index contributed by atoms with van der Waals surface area (Å²) in [4.78, 5) is 0. The van der Waals surface area contributed by atoms with E-state index in [1.807, 2.05) is 7.05 Å². The van der Waals surface area contributed by atoms with Crippen LogP contribution >= 0.6 is 0 Å². The zero-order chi connectivity index (χ0) is 11.6. The number of rotatable bonds is 4. The van der Waals surface area contributed by atoms with Gasteiger partial charge in [0.1, 0.15) is 5.75 Å². The Bertz CT molecular complexity index is 346. The Morgan fingerprint density at radius 3 is 2.44 bits per heavy atom. The maximum absolute atomic E-state index is 5.20. The highest BCUT2D eigenvalue weighted by molar-refractivity contribution is 5.35. The molecule has 0 amide bonds. The molecule has 0 aromatic heterocycles. The van der Waals surface area contributed by atoms with Crippen LogP contribution in [0.5, 0.6) is 5.75 Å². The lowest BCUT2D eigenvalue weighted by atomic mass is 9.57. The van der Waals surface area contributed by atoms with E-state index >= 15 is 0 Å². The average Bonchev–Trinajstić information content (AvgIpc) is 2.34. The van der Waals surface area contributed by atoms with Gasteiger partial charge in [-0.3, -0.25) is 0 Å². The first-order valence-corrected chi connectivity index (χ1v) is 6.02. The summed E-state index contributed by atoms with van der Waals surface area (Å²) in [5.41, 5.74) is 1.79. The first-order valence-electron chi connectivity index (χ1n) is 6.02. The van der Waals surface area contributed by atoms with Crippen molar-refractivity contribution in [2.24, 2.45) is 5.92 Å². The SMILES string of the molecule is CNCC1(c2ccc(OC)cc2)CCC1C. The molecule has 1 fully saturated rings. The Morgan fingerprint density at radius 2 is 2.06 bits per heavy atom. The molecule has 1 aliphatic carbocycles. The Hall–Kier alpha value is -1.02. The van der Waals surface area contributed by atoms with Gasteiger partial charge < -0.3 is 10.1 Å². The van der Waals surface area contributed by atoms with Crippen LogP contribution in [0.25, 0.3) is 0 Å². The van der Waals surface area contributed by atoms with Crippen molar-refractivity contribution in [2.45, 2.75) is 25.2 Å². The highest BCUT2D eigenvalue weighted by atomic mass is 16.5. The Balaban J connectivity index is 2.25. The molecule has 1 aromatic carbocycles. The van der Waals surface area contributed by atoms with E-state index in [1.54, 1.807) is 7.11 Å². The fourth-order valence-electron chi connectivity index (χ4n) is 2.81. The zero-order valence-corrected chi connectivity index (χ0v) is 10.4. The predicted molar refractivity (Wildman–Crippen MR) is 67.0 cm³/mol. The van der Waals surface area contributed by atoms with Gasteiger partial charge in [-0.2, -0.15) is 0 Å². The van der Waals surface area contributed by atoms with E-state index in [1.165, 1.54) is 18.4 Å². The number of hydrogen-bond acceptors (Lipinski definition) is 2. The lowest BCUT2D eigenvalue weighted by Crippen LogP contribution is -2.49. The maximum Gasteiger partial charge on any atom is 0.118 e. The Labute approximate surface area is 98.0 Å². The van der Waals surface area contributed by atoms with Crippen molar-refractivity contribution in [3.63, 3.8) is 0 Å². The second-order valence-electron chi connectivity index (χ2n) is 4.85. The lowest BCUT2D eigenvalue weighted by Gasteiger charge is -2.49. The minimum Gasteiger partial charge on any atom is -0.497 e. The molecule has 1 N–H and O–H groups in total. The molecule has 2 rings (SSSR count). The number of benzene rings is 1. The number of hydrogen-bond donors (Lipinski definition) is 1. The minimum atomic E-state index is 0.348. The van der Waals surface area contributed by atoms with Crippen molar-refractivity contribution >= 4 is 0 Å². The van der Waals surface area contributed by atoms with E-state index in [9.17, 15) is 0 Å². The van der Waals surface area contributed by atoms with Crippen LogP contribution in [0.3, 0.4) is 0 Å². The standard InChI is InChI=1S/C14H21NO/c1-11-8-9-14(11,10-15-2)12-4-6-13(16-3)7-5-12/h4-7,11,15H,8-10H2,1-3H3. The van der Waals surface area contributed by atoms with Crippen molar-refractivity contribution in [1.29, 1.82) is 0 Å². The molecule has 0 heterocycles. The fourth-order valence-corrected chi connectivity index (χ4v) is 2.81. The van der Waals surface area contributed by atoms with E-state index in [-0.39, 0.29) is 0 Å². The third kappa shape index (κ3) is 1.71. The molecule has 88 valence electrons. The molecule has 0 radical (unpaired) electrons. The van der Waals surface area contributed by atoms with Gasteiger partial charge >= 0.3 is 0 Å².